The standard InChI is InChI=1S/C15H17N3O3S/c1-9-16-14(17-21-9)11-7-10-4-5-18(8-12(10)20-11)15(19)13-3-2-6-22-13/h2-3,6,10-12H,4-5,7-8H2,1H3/t10-,11+,12+/m1/s1. The summed E-state index contributed by atoms with van der Waals surface area (Å²) in [6.07, 6.45) is 1.84. The fourth-order valence-corrected chi connectivity index (χ4v) is 3.97. The minimum Gasteiger partial charge on any atom is -0.365 e. The van der Waals surface area contributed by atoms with Gasteiger partial charge in [0, 0.05) is 20.0 Å². The Labute approximate surface area is 132 Å². The molecule has 2 saturated heterocycles. The van der Waals surface area contributed by atoms with Gasteiger partial charge < -0.3 is 14.2 Å². The van der Waals surface area contributed by atoms with Crippen LogP contribution in [0.1, 0.15) is 40.3 Å². The highest BCUT2D eigenvalue weighted by atomic mass is 32.1. The number of carbonyl (C=O) groups is 1. The monoisotopic (exact) mass is 319 g/mol. The second kappa shape index (κ2) is 5.48. The zero-order valence-electron chi connectivity index (χ0n) is 12.3. The third-order valence-corrected chi connectivity index (χ3v) is 5.26. The Kier molecular flexibility index (Phi) is 3.46. The molecule has 0 unspecified atom stereocenters. The van der Waals surface area contributed by atoms with Gasteiger partial charge in [-0.1, -0.05) is 11.2 Å². The number of ether oxygens (including phenoxy) is 1. The molecule has 0 aliphatic carbocycles. The van der Waals surface area contributed by atoms with E-state index >= 15 is 0 Å². The first kappa shape index (κ1) is 13.9. The third kappa shape index (κ3) is 2.44. The molecule has 2 aliphatic heterocycles. The molecule has 0 N–H and O–H groups in total. The SMILES string of the molecule is Cc1nc([C@@H]2C[C@H]3CCN(C(=O)c4cccs4)C[C@@H]3O2)no1. The maximum atomic E-state index is 12.4. The van der Waals surface area contributed by atoms with Gasteiger partial charge in [-0.05, 0) is 30.2 Å². The van der Waals surface area contributed by atoms with Gasteiger partial charge >= 0.3 is 0 Å². The molecule has 7 heteroatoms. The maximum Gasteiger partial charge on any atom is 0.264 e. The minimum absolute atomic E-state index is 0.0708. The number of aromatic nitrogens is 2. The second-order valence-electron chi connectivity index (χ2n) is 5.85. The topological polar surface area (TPSA) is 68.5 Å². The van der Waals surface area contributed by atoms with Crippen LogP contribution in [0.5, 0.6) is 0 Å². The molecule has 2 aromatic heterocycles. The molecule has 4 heterocycles. The lowest BCUT2D eigenvalue weighted by atomic mass is 9.91. The molecule has 0 radical (unpaired) electrons. The number of hydrogen-bond donors (Lipinski definition) is 0. The molecule has 6 nitrogen and oxygen atoms in total. The molecule has 4 rings (SSSR count). The van der Waals surface area contributed by atoms with Crippen molar-refractivity contribution in [3.05, 3.63) is 34.1 Å². The van der Waals surface area contributed by atoms with Gasteiger partial charge in [0.1, 0.15) is 6.10 Å². The van der Waals surface area contributed by atoms with Crippen LogP contribution in [0.25, 0.3) is 0 Å². The van der Waals surface area contributed by atoms with E-state index in [1.165, 1.54) is 11.3 Å². The Balaban J connectivity index is 1.44. The van der Waals surface area contributed by atoms with E-state index in [2.05, 4.69) is 10.1 Å². The number of carbonyl (C=O) groups excluding carboxylic acids is 1. The summed E-state index contributed by atoms with van der Waals surface area (Å²) in [5.74, 6) is 1.76. The molecular weight excluding hydrogens is 302 g/mol. The summed E-state index contributed by atoms with van der Waals surface area (Å²) in [5, 5.41) is 5.89. The fraction of sp³-hybridized carbons (Fsp3) is 0.533. The van der Waals surface area contributed by atoms with Gasteiger partial charge in [-0.3, -0.25) is 4.79 Å². The summed E-state index contributed by atoms with van der Waals surface area (Å²) in [7, 11) is 0. The van der Waals surface area contributed by atoms with E-state index in [9.17, 15) is 4.79 Å². The quantitative estimate of drug-likeness (QED) is 0.850. The summed E-state index contributed by atoms with van der Waals surface area (Å²) >= 11 is 1.49. The molecule has 2 aromatic rings. The zero-order chi connectivity index (χ0) is 15.1. The van der Waals surface area contributed by atoms with Gasteiger partial charge in [-0.25, -0.2) is 0 Å². The van der Waals surface area contributed by atoms with E-state index in [4.69, 9.17) is 9.26 Å². The Morgan fingerprint density at radius 2 is 2.41 bits per heavy atom. The minimum atomic E-state index is -0.107. The van der Waals surface area contributed by atoms with Crippen LogP contribution in [0.15, 0.2) is 22.0 Å². The number of piperidine rings is 1. The number of aryl methyl sites for hydroxylation is 1. The van der Waals surface area contributed by atoms with Crippen molar-refractivity contribution in [3.8, 4) is 0 Å². The van der Waals surface area contributed by atoms with E-state index in [-0.39, 0.29) is 18.1 Å². The lowest BCUT2D eigenvalue weighted by Gasteiger charge is -2.33. The highest BCUT2D eigenvalue weighted by molar-refractivity contribution is 7.12. The van der Waals surface area contributed by atoms with E-state index in [1.54, 1.807) is 6.92 Å². The first-order chi connectivity index (χ1) is 10.7. The van der Waals surface area contributed by atoms with Gasteiger partial charge in [0.25, 0.3) is 5.91 Å². The average molecular weight is 319 g/mol. The molecule has 0 aromatic carbocycles. The van der Waals surface area contributed by atoms with Gasteiger partial charge in [0.05, 0.1) is 11.0 Å². The van der Waals surface area contributed by atoms with Crippen LogP contribution in [0, 0.1) is 12.8 Å². The zero-order valence-corrected chi connectivity index (χ0v) is 13.1. The number of amides is 1. The lowest BCUT2D eigenvalue weighted by Crippen LogP contribution is -2.45. The van der Waals surface area contributed by atoms with Crippen molar-refractivity contribution in [1.82, 2.24) is 15.0 Å². The largest absolute Gasteiger partial charge is 0.365 e. The number of thiophene rings is 1. The summed E-state index contributed by atoms with van der Waals surface area (Å²) in [6, 6.07) is 3.78. The van der Waals surface area contributed by atoms with Crippen LogP contribution in [-0.4, -0.2) is 40.1 Å². The Morgan fingerprint density at radius 1 is 1.50 bits per heavy atom. The van der Waals surface area contributed by atoms with Crippen LogP contribution < -0.4 is 0 Å². The Morgan fingerprint density at radius 3 is 3.14 bits per heavy atom. The van der Waals surface area contributed by atoms with Crippen molar-refractivity contribution in [2.24, 2.45) is 5.92 Å². The molecule has 116 valence electrons. The van der Waals surface area contributed by atoms with Gasteiger partial charge in [0.2, 0.25) is 11.7 Å². The summed E-state index contributed by atoms with van der Waals surface area (Å²) in [6.45, 7) is 3.22. The highest BCUT2D eigenvalue weighted by Crippen LogP contribution is 2.40. The van der Waals surface area contributed by atoms with Crippen LogP contribution in [0.3, 0.4) is 0 Å². The molecule has 2 aliphatic rings. The molecule has 0 saturated carbocycles. The highest BCUT2D eigenvalue weighted by Gasteiger charge is 2.42. The van der Waals surface area contributed by atoms with E-state index in [0.717, 1.165) is 24.3 Å². The molecule has 0 bridgehead atoms. The summed E-state index contributed by atoms with van der Waals surface area (Å²) in [4.78, 5) is 19.4. The van der Waals surface area contributed by atoms with Crippen LogP contribution >= 0.6 is 11.3 Å². The predicted octanol–water partition coefficient (Wildman–Crippen LogP) is 2.43. The van der Waals surface area contributed by atoms with Crippen molar-refractivity contribution >= 4 is 17.2 Å². The first-order valence-corrected chi connectivity index (χ1v) is 8.37. The van der Waals surface area contributed by atoms with Gasteiger partial charge in [-0.15, -0.1) is 11.3 Å². The van der Waals surface area contributed by atoms with Crippen molar-refractivity contribution < 1.29 is 14.1 Å². The van der Waals surface area contributed by atoms with E-state index in [1.807, 2.05) is 22.4 Å². The third-order valence-electron chi connectivity index (χ3n) is 4.40. The predicted molar refractivity (Wildman–Crippen MR) is 79.6 cm³/mol. The average Bonchev–Trinajstić information content (AvgIpc) is 3.25. The number of rotatable bonds is 2. The number of likely N-dealkylation sites (tertiary alicyclic amines) is 1. The molecule has 22 heavy (non-hydrogen) atoms. The van der Waals surface area contributed by atoms with Crippen LogP contribution in [-0.2, 0) is 4.74 Å². The smallest absolute Gasteiger partial charge is 0.264 e. The van der Waals surface area contributed by atoms with Crippen molar-refractivity contribution in [3.63, 3.8) is 0 Å². The van der Waals surface area contributed by atoms with Crippen LogP contribution in [0.4, 0.5) is 0 Å². The van der Waals surface area contributed by atoms with Crippen molar-refractivity contribution in [2.75, 3.05) is 13.1 Å². The first-order valence-electron chi connectivity index (χ1n) is 7.49. The Bertz CT molecular complexity index is 669. The second-order valence-corrected chi connectivity index (χ2v) is 6.80. The summed E-state index contributed by atoms with van der Waals surface area (Å²) in [5.41, 5.74) is 0. The maximum absolute atomic E-state index is 12.4. The van der Waals surface area contributed by atoms with Crippen molar-refractivity contribution in [1.29, 1.82) is 0 Å². The normalized spacial score (nSPS) is 27.9. The van der Waals surface area contributed by atoms with Gasteiger partial charge in [0.15, 0.2) is 0 Å². The van der Waals surface area contributed by atoms with Crippen molar-refractivity contribution in [2.45, 2.75) is 32.0 Å². The molecular formula is C15H17N3O3S. The number of nitrogens with zero attached hydrogens (tertiary/aromatic N) is 3. The molecule has 2 fully saturated rings. The molecule has 0 spiro atoms. The van der Waals surface area contributed by atoms with Crippen LogP contribution in [0.2, 0.25) is 0 Å². The van der Waals surface area contributed by atoms with Gasteiger partial charge in [-0.2, -0.15) is 4.98 Å². The van der Waals surface area contributed by atoms with E-state index in [0.29, 0.717) is 24.2 Å². The Hall–Kier alpha value is -1.73. The van der Waals surface area contributed by atoms with E-state index < -0.39 is 0 Å². The molecule has 1 amide bonds. The molecule has 3 atom stereocenters. The number of fused-ring (bicyclic) bond motifs is 1. The lowest BCUT2D eigenvalue weighted by molar-refractivity contribution is -0.00734. The summed E-state index contributed by atoms with van der Waals surface area (Å²) < 4.78 is 11.1. The number of hydrogen-bond acceptors (Lipinski definition) is 6. The fourth-order valence-electron chi connectivity index (χ4n) is 3.28.